The molecule has 1 amide bonds. The summed E-state index contributed by atoms with van der Waals surface area (Å²) in [5, 5.41) is 0. The van der Waals surface area contributed by atoms with E-state index >= 15 is 0 Å². The lowest BCUT2D eigenvalue weighted by molar-refractivity contribution is -0.131. The molecular weight excluding hydrogens is 294 g/mol. The fraction of sp³-hybridized carbons (Fsp3) is 0.529. The number of fused-ring (bicyclic) bond motifs is 2. The van der Waals surface area contributed by atoms with Gasteiger partial charge in [-0.05, 0) is 48.4 Å². The molecule has 1 aromatic carbocycles. The van der Waals surface area contributed by atoms with Crippen LogP contribution in [0.25, 0.3) is 0 Å². The summed E-state index contributed by atoms with van der Waals surface area (Å²) in [6, 6.07) is 5.89. The topological polar surface area (TPSA) is 77.2 Å². The van der Waals surface area contributed by atoms with Gasteiger partial charge in [0, 0.05) is 20.8 Å². The largest absolute Gasteiger partial charge is 0.497 e. The number of hydrogen-bond donors (Lipinski definition) is 1. The van der Waals surface area contributed by atoms with Crippen molar-refractivity contribution < 1.29 is 14.3 Å². The highest BCUT2D eigenvalue weighted by molar-refractivity contribution is 6.07. The molecule has 0 aromatic heterocycles. The van der Waals surface area contributed by atoms with Crippen LogP contribution in [-0.4, -0.2) is 44.6 Å². The number of nitrogens with zero attached hydrogens (tertiary/aromatic N) is 2. The van der Waals surface area contributed by atoms with Crippen LogP contribution in [0.2, 0.25) is 0 Å². The van der Waals surface area contributed by atoms with Gasteiger partial charge >= 0.3 is 0 Å². The summed E-state index contributed by atoms with van der Waals surface area (Å²) in [5.74, 6) is 1.28. The molecule has 0 saturated carbocycles. The third-order valence-electron chi connectivity index (χ3n) is 4.89. The number of benzene rings is 1. The molecule has 0 radical (unpaired) electrons. The average Bonchev–Trinajstić information content (AvgIpc) is 2.77. The zero-order valence-corrected chi connectivity index (χ0v) is 13.8. The molecule has 1 aliphatic heterocycles. The second-order valence-electron chi connectivity index (χ2n) is 6.27. The molecule has 0 fully saturated rings. The Bertz CT molecular complexity index is 658. The predicted octanol–water partition coefficient (Wildman–Crippen LogP) is 1.28. The number of guanidine groups is 1. The van der Waals surface area contributed by atoms with E-state index in [1.54, 1.807) is 21.3 Å². The summed E-state index contributed by atoms with van der Waals surface area (Å²) >= 11 is 0. The van der Waals surface area contributed by atoms with E-state index in [2.05, 4.69) is 4.99 Å². The molecule has 6 heteroatoms. The summed E-state index contributed by atoms with van der Waals surface area (Å²) in [4.78, 5) is 19.0. The van der Waals surface area contributed by atoms with Gasteiger partial charge in [0.2, 0.25) is 0 Å². The zero-order valence-electron chi connectivity index (χ0n) is 13.8. The van der Waals surface area contributed by atoms with Gasteiger partial charge in [0.05, 0.1) is 7.11 Å². The van der Waals surface area contributed by atoms with E-state index in [1.807, 2.05) is 18.2 Å². The second kappa shape index (κ2) is 5.85. The maximum Gasteiger partial charge on any atom is 0.261 e. The smallest absolute Gasteiger partial charge is 0.261 e. The number of aliphatic imine (C=N–C) groups is 1. The average molecular weight is 317 g/mol. The number of rotatable bonds is 4. The van der Waals surface area contributed by atoms with Crippen molar-refractivity contribution in [2.24, 2.45) is 16.6 Å². The summed E-state index contributed by atoms with van der Waals surface area (Å²) in [7, 11) is 5.00. The maximum absolute atomic E-state index is 12.9. The Morgan fingerprint density at radius 2 is 2.22 bits per heavy atom. The van der Waals surface area contributed by atoms with E-state index in [4.69, 9.17) is 15.2 Å². The molecule has 124 valence electrons. The number of carbonyl (C=O) groups excluding carboxylic acids is 1. The lowest BCUT2D eigenvalue weighted by Gasteiger charge is -2.36. The Kier molecular flexibility index (Phi) is 4.02. The first-order chi connectivity index (χ1) is 11.0. The first-order valence-electron chi connectivity index (χ1n) is 7.81. The third-order valence-corrected chi connectivity index (χ3v) is 4.89. The molecule has 6 nitrogen and oxygen atoms in total. The maximum atomic E-state index is 12.9. The first-order valence-corrected chi connectivity index (χ1v) is 7.81. The van der Waals surface area contributed by atoms with Crippen LogP contribution in [0.4, 0.5) is 0 Å². The van der Waals surface area contributed by atoms with Crippen LogP contribution in [0, 0.1) is 5.92 Å². The van der Waals surface area contributed by atoms with Crippen LogP contribution in [0.1, 0.15) is 24.0 Å². The lowest BCUT2D eigenvalue weighted by atomic mass is 9.70. The monoisotopic (exact) mass is 317 g/mol. The molecule has 1 aromatic rings. The molecule has 1 spiro atoms. The number of likely N-dealkylation sites (N-methyl/N-ethyl adjacent to an activating group) is 1. The van der Waals surface area contributed by atoms with Gasteiger partial charge in [0.1, 0.15) is 5.75 Å². The summed E-state index contributed by atoms with van der Waals surface area (Å²) in [5.41, 5.74) is 7.09. The minimum Gasteiger partial charge on any atom is -0.497 e. The van der Waals surface area contributed by atoms with Crippen molar-refractivity contribution in [3.05, 3.63) is 29.3 Å². The number of methoxy groups -OCH3 is 2. The van der Waals surface area contributed by atoms with Gasteiger partial charge in [-0.2, -0.15) is 0 Å². The lowest BCUT2D eigenvalue weighted by Crippen LogP contribution is -2.44. The SMILES string of the molecule is COCCC1Cc2ccc(OC)cc2C2(C1)N=C(N)N(C)C2=O. The molecule has 1 heterocycles. The number of amides is 1. The van der Waals surface area contributed by atoms with E-state index in [1.165, 1.54) is 4.90 Å². The molecule has 2 atom stereocenters. The number of hydrogen-bond acceptors (Lipinski definition) is 5. The molecule has 2 N–H and O–H groups in total. The van der Waals surface area contributed by atoms with Gasteiger partial charge in [0.15, 0.2) is 11.5 Å². The molecule has 1 aliphatic carbocycles. The fourth-order valence-electron chi connectivity index (χ4n) is 3.65. The molecule has 2 aliphatic rings. The van der Waals surface area contributed by atoms with E-state index in [0.717, 1.165) is 29.7 Å². The second-order valence-corrected chi connectivity index (χ2v) is 6.27. The summed E-state index contributed by atoms with van der Waals surface area (Å²) in [6.07, 6.45) is 2.47. The zero-order chi connectivity index (χ0) is 16.6. The van der Waals surface area contributed by atoms with Gasteiger partial charge in [-0.25, -0.2) is 4.99 Å². The van der Waals surface area contributed by atoms with Crippen molar-refractivity contribution in [2.45, 2.75) is 24.8 Å². The van der Waals surface area contributed by atoms with E-state index in [0.29, 0.717) is 18.9 Å². The van der Waals surface area contributed by atoms with Crippen molar-refractivity contribution in [1.29, 1.82) is 0 Å². The minimum absolute atomic E-state index is 0.0633. The Labute approximate surface area is 136 Å². The Hall–Kier alpha value is -2.08. The van der Waals surface area contributed by atoms with Crippen LogP contribution < -0.4 is 10.5 Å². The van der Waals surface area contributed by atoms with Gasteiger partial charge in [0.25, 0.3) is 5.91 Å². The Morgan fingerprint density at radius 3 is 2.83 bits per heavy atom. The molecule has 3 rings (SSSR count). The molecule has 2 unspecified atom stereocenters. The van der Waals surface area contributed by atoms with Gasteiger partial charge in [-0.15, -0.1) is 0 Å². The summed E-state index contributed by atoms with van der Waals surface area (Å²) < 4.78 is 10.6. The van der Waals surface area contributed by atoms with Gasteiger partial charge < -0.3 is 15.2 Å². The van der Waals surface area contributed by atoms with Gasteiger partial charge in [-0.1, -0.05) is 6.07 Å². The van der Waals surface area contributed by atoms with Crippen LogP contribution >= 0.6 is 0 Å². The minimum atomic E-state index is -0.917. The van der Waals surface area contributed by atoms with Crippen LogP contribution in [-0.2, 0) is 21.5 Å². The van der Waals surface area contributed by atoms with Crippen molar-refractivity contribution in [3.8, 4) is 5.75 Å². The quantitative estimate of drug-likeness (QED) is 0.907. The number of carbonyl (C=O) groups is 1. The first kappa shape index (κ1) is 15.8. The van der Waals surface area contributed by atoms with E-state index in [-0.39, 0.29) is 11.9 Å². The molecular formula is C17H23N3O3. The van der Waals surface area contributed by atoms with Gasteiger partial charge in [-0.3, -0.25) is 9.69 Å². The van der Waals surface area contributed by atoms with E-state index in [9.17, 15) is 4.79 Å². The Morgan fingerprint density at radius 1 is 1.43 bits per heavy atom. The predicted molar refractivity (Wildman–Crippen MR) is 87.4 cm³/mol. The molecule has 23 heavy (non-hydrogen) atoms. The van der Waals surface area contributed by atoms with Crippen LogP contribution in [0.5, 0.6) is 5.75 Å². The molecule has 0 saturated heterocycles. The number of nitrogens with two attached hydrogens (primary N) is 1. The number of ether oxygens (including phenoxy) is 2. The Balaban J connectivity index is 2.09. The van der Waals surface area contributed by atoms with E-state index < -0.39 is 5.54 Å². The highest BCUT2D eigenvalue weighted by Crippen LogP contribution is 2.46. The molecule has 0 bridgehead atoms. The van der Waals surface area contributed by atoms with Crippen LogP contribution in [0.3, 0.4) is 0 Å². The van der Waals surface area contributed by atoms with Crippen molar-refractivity contribution in [2.75, 3.05) is 27.9 Å². The highest BCUT2D eigenvalue weighted by atomic mass is 16.5. The fourth-order valence-corrected chi connectivity index (χ4v) is 3.65. The van der Waals surface area contributed by atoms with Crippen LogP contribution in [0.15, 0.2) is 23.2 Å². The summed E-state index contributed by atoms with van der Waals surface area (Å²) in [6.45, 7) is 0.676. The third kappa shape index (κ3) is 2.47. The standard InChI is InChI=1S/C17H23N3O3/c1-20-15(21)17(19-16(20)18)10-11(6-7-22-2)8-12-4-5-13(23-3)9-14(12)17/h4-5,9,11H,6-8,10H2,1-3H3,(H2,18,19). The van der Waals surface area contributed by atoms with Crippen molar-refractivity contribution in [3.63, 3.8) is 0 Å². The highest BCUT2D eigenvalue weighted by Gasteiger charge is 2.52. The van der Waals surface area contributed by atoms with Crippen molar-refractivity contribution >= 4 is 11.9 Å². The normalized spacial score (nSPS) is 26.4. The van der Waals surface area contributed by atoms with Crippen molar-refractivity contribution in [1.82, 2.24) is 4.90 Å².